The number of aryl methyl sites for hydroxylation is 1. The van der Waals surface area contributed by atoms with Crippen molar-refractivity contribution in [2.24, 2.45) is 5.41 Å². The summed E-state index contributed by atoms with van der Waals surface area (Å²) in [5, 5.41) is 9.59. The number of pyridine rings is 1. The molecule has 0 atom stereocenters. The molecule has 1 aromatic rings. The van der Waals surface area contributed by atoms with Crippen molar-refractivity contribution < 1.29 is 24.2 Å². The Morgan fingerprint density at radius 2 is 1.91 bits per heavy atom. The van der Waals surface area contributed by atoms with Gasteiger partial charge in [-0.2, -0.15) is 0 Å². The third-order valence-corrected chi connectivity index (χ3v) is 5.69. The maximum Gasteiger partial charge on any atom is 0.413 e. The number of aromatic nitrogens is 1. The molecule has 32 heavy (non-hydrogen) atoms. The van der Waals surface area contributed by atoms with E-state index in [9.17, 15) is 14.7 Å². The zero-order valence-electron chi connectivity index (χ0n) is 20.0. The van der Waals surface area contributed by atoms with Gasteiger partial charge in [-0.05, 0) is 63.5 Å². The summed E-state index contributed by atoms with van der Waals surface area (Å²) in [5.74, 6) is 0.595. The number of likely N-dealkylation sites (tertiary alicyclic amines) is 1. The van der Waals surface area contributed by atoms with Gasteiger partial charge in [-0.3, -0.25) is 4.90 Å². The van der Waals surface area contributed by atoms with Crippen LogP contribution in [0.3, 0.4) is 0 Å². The third kappa shape index (κ3) is 6.58. The number of carbonyl (C=O) groups is 2. The smallest absolute Gasteiger partial charge is 0.413 e. The van der Waals surface area contributed by atoms with Crippen molar-refractivity contribution in [3.05, 3.63) is 23.4 Å². The Morgan fingerprint density at radius 1 is 1.19 bits per heavy atom. The van der Waals surface area contributed by atoms with Gasteiger partial charge in [-0.15, -0.1) is 0 Å². The highest BCUT2D eigenvalue weighted by molar-refractivity contribution is 5.86. The molecule has 1 N–H and O–H groups in total. The molecule has 0 unspecified atom stereocenters. The molecule has 0 radical (unpaired) electrons. The first-order chi connectivity index (χ1) is 14.9. The fourth-order valence-electron chi connectivity index (χ4n) is 4.11. The van der Waals surface area contributed by atoms with Crippen molar-refractivity contribution in [1.82, 2.24) is 9.88 Å². The van der Waals surface area contributed by atoms with Crippen LogP contribution in [0.1, 0.15) is 65.1 Å². The SMILES string of the molecule is CC1(C)Cc2ccc(CCCCCOC3CN(C(=O)OC(C)(C)C)C3)nc2N(C(=O)O)C1. The molecule has 8 nitrogen and oxygen atoms in total. The average molecular weight is 448 g/mol. The Balaban J connectivity index is 1.35. The number of hydrogen-bond acceptors (Lipinski definition) is 5. The number of carbonyl (C=O) groups excluding carboxylic acids is 1. The highest BCUT2D eigenvalue weighted by atomic mass is 16.6. The van der Waals surface area contributed by atoms with E-state index in [2.05, 4.69) is 18.8 Å². The third-order valence-electron chi connectivity index (χ3n) is 5.69. The molecule has 1 saturated heterocycles. The van der Waals surface area contributed by atoms with E-state index in [0.29, 0.717) is 32.1 Å². The van der Waals surface area contributed by atoms with E-state index in [1.807, 2.05) is 32.9 Å². The van der Waals surface area contributed by atoms with Crippen molar-refractivity contribution in [1.29, 1.82) is 0 Å². The largest absolute Gasteiger partial charge is 0.465 e. The molecular formula is C24H37N3O5. The van der Waals surface area contributed by atoms with Gasteiger partial charge in [0.1, 0.15) is 11.4 Å². The van der Waals surface area contributed by atoms with Crippen LogP contribution in [0.2, 0.25) is 0 Å². The monoisotopic (exact) mass is 447 g/mol. The van der Waals surface area contributed by atoms with E-state index in [1.165, 1.54) is 4.90 Å². The second-order valence-corrected chi connectivity index (χ2v) is 10.7. The number of fused-ring (bicyclic) bond motifs is 1. The van der Waals surface area contributed by atoms with Gasteiger partial charge in [0, 0.05) is 18.8 Å². The van der Waals surface area contributed by atoms with Crippen molar-refractivity contribution in [3.8, 4) is 0 Å². The number of unbranched alkanes of at least 4 members (excludes halogenated alkanes) is 2. The lowest BCUT2D eigenvalue weighted by Crippen LogP contribution is -2.55. The standard InChI is InChI=1S/C24H37N3O5/c1-23(2,3)32-22(30)26-14-19(15-26)31-12-8-6-7-9-18-11-10-17-13-24(4,5)16-27(21(28)29)20(17)25-18/h10-11,19H,6-9,12-16H2,1-5H3,(H,28,29). The summed E-state index contributed by atoms with van der Waals surface area (Å²) in [4.78, 5) is 31.3. The second kappa shape index (κ2) is 9.65. The van der Waals surface area contributed by atoms with Crippen molar-refractivity contribution in [2.75, 3.05) is 31.1 Å². The highest BCUT2D eigenvalue weighted by Gasteiger charge is 2.35. The number of hydrogen-bond donors (Lipinski definition) is 1. The lowest BCUT2D eigenvalue weighted by molar-refractivity contribution is -0.0637. The van der Waals surface area contributed by atoms with Crippen molar-refractivity contribution in [3.63, 3.8) is 0 Å². The summed E-state index contributed by atoms with van der Waals surface area (Å²) >= 11 is 0. The Labute approximate surface area is 190 Å². The van der Waals surface area contributed by atoms with Crippen LogP contribution < -0.4 is 4.90 Å². The van der Waals surface area contributed by atoms with Crippen molar-refractivity contribution in [2.45, 2.75) is 78.4 Å². The van der Waals surface area contributed by atoms with Crippen LogP contribution in [0, 0.1) is 5.41 Å². The number of anilines is 1. The number of carboxylic acid groups (broad SMARTS) is 1. The maximum absolute atomic E-state index is 11.9. The van der Waals surface area contributed by atoms with E-state index < -0.39 is 11.7 Å². The molecule has 2 aliphatic rings. The molecule has 0 aliphatic carbocycles. The minimum atomic E-state index is -0.943. The molecule has 178 valence electrons. The first kappa shape index (κ1) is 24.3. The zero-order chi connectivity index (χ0) is 23.5. The van der Waals surface area contributed by atoms with Crippen LogP contribution in [0.15, 0.2) is 12.1 Å². The summed E-state index contributed by atoms with van der Waals surface area (Å²) in [6.07, 6.45) is 3.46. The average Bonchev–Trinajstić information content (AvgIpc) is 2.63. The lowest BCUT2D eigenvalue weighted by Gasteiger charge is -2.39. The summed E-state index contributed by atoms with van der Waals surface area (Å²) in [7, 11) is 0. The number of rotatable bonds is 7. The van der Waals surface area contributed by atoms with Crippen LogP contribution in [-0.2, 0) is 22.3 Å². The van der Waals surface area contributed by atoms with Gasteiger partial charge in [0.25, 0.3) is 0 Å². The second-order valence-electron chi connectivity index (χ2n) is 10.7. The van der Waals surface area contributed by atoms with Gasteiger partial charge in [0.05, 0.1) is 19.2 Å². The fraction of sp³-hybridized carbons (Fsp3) is 0.708. The molecule has 0 bridgehead atoms. The molecule has 2 amide bonds. The summed E-state index contributed by atoms with van der Waals surface area (Å²) < 4.78 is 11.2. The molecular weight excluding hydrogens is 410 g/mol. The van der Waals surface area contributed by atoms with E-state index in [1.54, 1.807) is 4.90 Å². The number of amides is 2. The summed E-state index contributed by atoms with van der Waals surface area (Å²) in [6, 6.07) is 4.06. The van der Waals surface area contributed by atoms with E-state index >= 15 is 0 Å². The van der Waals surface area contributed by atoms with Gasteiger partial charge in [-0.25, -0.2) is 14.6 Å². The molecule has 1 fully saturated rings. The van der Waals surface area contributed by atoms with Crippen LogP contribution in [0.4, 0.5) is 15.4 Å². The Kier molecular flexibility index (Phi) is 7.32. The number of ether oxygens (including phenoxy) is 2. The predicted octanol–water partition coefficient (Wildman–Crippen LogP) is 4.50. The fourth-order valence-corrected chi connectivity index (χ4v) is 4.11. The van der Waals surface area contributed by atoms with E-state index in [-0.39, 0.29) is 17.6 Å². The zero-order valence-corrected chi connectivity index (χ0v) is 20.0. The Bertz CT molecular complexity index is 827. The van der Waals surface area contributed by atoms with Crippen LogP contribution in [0.25, 0.3) is 0 Å². The lowest BCUT2D eigenvalue weighted by atomic mass is 9.82. The molecule has 0 spiro atoms. The molecule has 0 saturated carbocycles. The minimum Gasteiger partial charge on any atom is -0.465 e. The van der Waals surface area contributed by atoms with Crippen LogP contribution >= 0.6 is 0 Å². The van der Waals surface area contributed by atoms with Gasteiger partial charge in [0.15, 0.2) is 0 Å². The summed E-state index contributed by atoms with van der Waals surface area (Å²) in [6.45, 7) is 12.1. The van der Waals surface area contributed by atoms with Gasteiger partial charge in [0.2, 0.25) is 0 Å². The summed E-state index contributed by atoms with van der Waals surface area (Å²) in [5.41, 5.74) is 1.38. The Hall–Kier alpha value is -2.35. The van der Waals surface area contributed by atoms with Crippen LogP contribution in [0.5, 0.6) is 0 Å². The van der Waals surface area contributed by atoms with Crippen LogP contribution in [-0.4, -0.2) is 65.1 Å². The van der Waals surface area contributed by atoms with Gasteiger partial charge < -0.3 is 19.5 Å². The van der Waals surface area contributed by atoms with E-state index in [4.69, 9.17) is 9.47 Å². The highest BCUT2D eigenvalue weighted by Crippen LogP contribution is 2.35. The normalized spacial score (nSPS) is 18.2. The van der Waals surface area contributed by atoms with Gasteiger partial charge >= 0.3 is 12.2 Å². The molecule has 1 aromatic heterocycles. The minimum absolute atomic E-state index is 0.0844. The quantitative estimate of drug-likeness (QED) is 0.619. The van der Waals surface area contributed by atoms with Gasteiger partial charge in [-0.1, -0.05) is 26.3 Å². The molecule has 8 heteroatoms. The van der Waals surface area contributed by atoms with Crippen molar-refractivity contribution >= 4 is 18.0 Å². The molecule has 3 heterocycles. The molecule has 2 aliphatic heterocycles. The molecule has 3 rings (SSSR count). The topological polar surface area (TPSA) is 92.2 Å². The number of nitrogens with zero attached hydrogens (tertiary/aromatic N) is 3. The predicted molar refractivity (Wildman–Crippen MR) is 122 cm³/mol. The first-order valence-electron chi connectivity index (χ1n) is 11.5. The maximum atomic E-state index is 11.9. The Morgan fingerprint density at radius 3 is 2.56 bits per heavy atom. The first-order valence-corrected chi connectivity index (χ1v) is 11.5. The van der Waals surface area contributed by atoms with E-state index in [0.717, 1.165) is 43.4 Å². The molecule has 0 aromatic carbocycles.